The van der Waals surface area contributed by atoms with Gasteiger partial charge in [-0.1, -0.05) is 37.3 Å². The highest BCUT2D eigenvalue weighted by Gasteiger charge is 2.33. The number of rotatable bonds is 6. The molecule has 1 aromatic carbocycles. The molecule has 0 aromatic heterocycles. The lowest BCUT2D eigenvalue weighted by Crippen LogP contribution is -2.47. The van der Waals surface area contributed by atoms with Crippen molar-refractivity contribution in [2.24, 2.45) is 5.41 Å². The van der Waals surface area contributed by atoms with Gasteiger partial charge in [0.15, 0.2) is 0 Å². The minimum absolute atomic E-state index is 0.328. The van der Waals surface area contributed by atoms with E-state index in [0.717, 1.165) is 52.2 Å². The number of aryl methyl sites for hydroxylation is 1. The molecule has 0 radical (unpaired) electrons. The van der Waals surface area contributed by atoms with Crippen molar-refractivity contribution in [1.82, 2.24) is 15.1 Å². The first-order valence-corrected chi connectivity index (χ1v) is 9.39. The summed E-state index contributed by atoms with van der Waals surface area (Å²) in [6.45, 7) is 9.22. The second-order valence-electron chi connectivity index (χ2n) is 7.70. The molecule has 2 saturated heterocycles. The van der Waals surface area contributed by atoms with E-state index >= 15 is 0 Å². The highest BCUT2D eigenvalue weighted by Crippen LogP contribution is 2.34. The van der Waals surface area contributed by atoms with Gasteiger partial charge in [0.2, 0.25) is 5.91 Å². The predicted octanol–water partition coefficient (Wildman–Crippen LogP) is 2.15. The van der Waals surface area contributed by atoms with E-state index in [9.17, 15) is 4.79 Å². The molecule has 24 heavy (non-hydrogen) atoms. The van der Waals surface area contributed by atoms with E-state index in [-0.39, 0.29) is 0 Å². The van der Waals surface area contributed by atoms with Crippen molar-refractivity contribution in [3.8, 4) is 0 Å². The fourth-order valence-corrected chi connectivity index (χ4v) is 3.94. The number of hydrogen-bond donors (Lipinski definition) is 1. The highest BCUT2D eigenvalue weighted by atomic mass is 16.2. The standard InChI is InChI=1S/C20H31N3O/c1-20(9-7-18-5-3-2-4-6-18)10-14-22(17-20)13-8-19(24)23-15-11-21-12-16-23/h2-6,21H,7-17H2,1H3. The van der Waals surface area contributed by atoms with Crippen molar-refractivity contribution in [3.05, 3.63) is 35.9 Å². The molecule has 0 aliphatic carbocycles. The molecule has 0 saturated carbocycles. The van der Waals surface area contributed by atoms with Crippen LogP contribution in [0.15, 0.2) is 30.3 Å². The van der Waals surface area contributed by atoms with Crippen LogP contribution in [-0.4, -0.2) is 61.5 Å². The highest BCUT2D eigenvalue weighted by molar-refractivity contribution is 5.76. The molecule has 0 spiro atoms. The number of amides is 1. The third kappa shape index (κ3) is 4.81. The Hall–Kier alpha value is -1.39. The molecule has 1 amide bonds. The predicted molar refractivity (Wildman–Crippen MR) is 98.0 cm³/mol. The summed E-state index contributed by atoms with van der Waals surface area (Å²) < 4.78 is 0. The Balaban J connectivity index is 1.40. The van der Waals surface area contributed by atoms with Crippen molar-refractivity contribution >= 4 is 5.91 Å². The van der Waals surface area contributed by atoms with Crippen LogP contribution in [-0.2, 0) is 11.2 Å². The van der Waals surface area contributed by atoms with Gasteiger partial charge in [-0.05, 0) is 36.8 Å². The molecule has 2 aliphatic rings. The molecule has 2 aliphatic heterocycles. The largest absolute Gasteiger partial charge is 0.340 e. The summed E-state index contributed by atoms with van der Waals surface area (Å²) in [5.41, 5.74) is 1.83. The Labute approximate surface area is 146 Å². The number of likely N-dealkylation sites (tertiary alicyclic amines) is 1. The number of carbonyl (C=O) groups excluding carboxylic acids is 1. The maximum absolute atomic E-state index is 12.3. The summed E-state index contributed by atoms with van der Waals surface area (Å²) in [5.74, 6) is 0.328. The third-order valence-electron chi connectivity index (χ3n) is 5.61. The zero-order valence-corrected chi connectivity index (χ0v) is 15.0. The smallest absolute Gasteiger partial charge is 0.223 e. The molecule has 2 fully saturated rings. The van der Waals surface area contributed by atoms with Crippen molar-refractivity contribution < 1.29 is 4.79 Å². The van der Waals surface area contributed by atoms with E-state index in [4.69, 9.17) is 0 Å². The maximum atomic E-state index is 12.3. The summed E-state index contributed by atoms with van der Waals surface area (Å²) in [4.78, 5) is 16.8. The van der Waals surface area contributed by atoms with Crippen LogP contribution in [0.5, 0.6) is 0 Å². The Bertz CT molecular complexity index is 527. The molecular weight excluding hydrogens is 298 g/mol. The molecule has 4 nitrogen and oxygen atoms in total. The van der Waals surface area contributed by atoms with E-state index < -0.39 is 0 Å². The third-order valence-corrected chi connectivity index (χ3v) is 5.61. The molecule has 132 valence electrons. The van der Waals surface area contributed by atoms with Gasteiger partial charge in [-0.25, -0.2) is 0 Å². The van der Waals surface area contributed by atoms with Crippen LogP contribution in [0.1, 0.15) is 31.7 Å². The van der Waals surface area contributed by atoms with Gasteiger partial charge in [-0.3, -0.25) is 4.79 Å². The first-order valence-electron chi connectivity index (χ1n) is 9.39. The van der Waals surface area contributed by atoms with Crippen LogP contribution in [0.4, 0.5) is 0 Å². The average molecular weight is 329 g/mol. The summed E-state index contributed by atoms with van der Waals surface area (Å²) in [7, 11) is 0. The number of hydrogen-bond acceptors (Lipinski definition) is 3. The number of piperazine rings is 1. The lowest BCUT2D eigenvalue weighted by atomic mass is 9.83. The van der Waals surface area contributed by atoms with Gasteiger partial charge in [0.25, 0.3) is 0 Å². The van der Waals surface area contributed by atoms with Crippen molar-refractivity contribution in [2.45, 2.75) is 32.6 Å². The van der Waals surface area contributed by atoms with Gasteiger partial charge >= 0.3 is 0 Å². The quantitative estimate of drug-likeness (QED) is 0.869. The number of benzene rings is 1. The minimum Gasteiger partial charge on any atom is -0.340 e. The zero-order chi connectivity index (χ0) is 16.8. The molecule has 1 unspecified atom stereocenters. The molecule has 1 N–H and O–H groups in total. The Morgan fingerprint density at radius 2 is 1.92 bits per heavy atom. The second-order valence-corrected chi connectivity index (χ2v) is 7.70. The number of nitrogens with zero attached hydrogens (tertiary/aromatic N) is 2. The van der Waals surface area contributed by atoms with Crippen LogP contribution < -0.4 is 5.32 Å². The second kappa shape index (κ2) is 8.13. The Morgan fingerprint density at radius 3 is 2.67 bits per heavy atom. The van der Waals surface area contributed by atoms with Gasteiger partial charge in [0.1, 0.15) is 0 Å². The summed E-state index contributed by atoms with van der Waals surface area (Å²) in [6, 6.07) is 10.8. The summed E-state index contributed by atoms with van der Waals surface area (Å²) in [5, 5.41) is 3.30. The van der Waals surface area contributed by atoms with Crippen molar-refractivity contribution in [2.75, 3.05) is 45.8 Å². The molecule has 0 bridgehead atoms. The topological polar surface area (TPSA) is 35.6 Å². The van der Waals surface area contributed by atoms with Crippen LogP contribution in [0, 0.1) is 5.41 Å². The Morgan fingerprint density at radius 1 is 1.17 bits per heavy atom. The lowest BCUT2D eigenvalue weighted by molar-refractivity contribution is -0.132. The zero-order valence-electron chi connectivity index (χ0n) is 15.0. The summed E-state index contributed by atoms with van der Waals surface area (Å²) >= 11 is 0. The van der Waals surface area contributed by atoms with Crippen LogP contribution in [0.25, 0.3) is 0 Å². The fourth-order valence-electron chi connectivity index (χ4n) is 3.94. The van der Waals surface area contributed by atoms with Gasteiger partial charge in [0.05, 0.1) is 0 Å². The van der Waals surface area contributed by atoms with Crippen molar-refractivity contribution in [1.29, 1.82) is 0 Å². The average Bonchev–Trinajstić information content (AvgIpc) is 3.01. The number of nitrogens with one attached hydrogen (secondary N) is 1. The van der Waals surface area contributed by atoms with Gasteiger partial charge in [-0.15, -0.1) is 0 Å². The van der Waals surface area contributed by atoms with E-state index in [1.54, 1.807) is 0 Å². The normalized spacial score (nSPS) is 25.1. The van der Waals surface area contributed by atoms with Gasteiger partial charge < -0.3 is 15.1 Å². The maximum Gasteiger partial charge on any atom is 0.223 e. The Kier molecular flexibility index (Phi) is 5.90. The number of carbonyl (C=O) groups is 1. The first kappa shape index (κ1) is 17.4. The van der Waals surface area contributed by atoms with Gasteiger partial charge in [0, 0.05) is 45.7 Å². The van der Waals surface area contributed by atoms with Gasteiger partial charge in [-0.2, -0.15) is 0 Å². The lowest BCUT2D eigenvalue weighted by Gasteiger charge is -2.28. The molecule has 4 heteroatoms. The fraction of sp³-hybridized carbons (Fsp3) is 0.650. The summed E-state index contributed by atoms with van der Waals surface area (Å²) in [6.07, 6.45) is 4.32. The molecule has 2 heterocycles. The van der Waals surface area contributed by atoms with E-state index in [2.05, 4.69) is 47.5 Å². The molecule has 1 aromatic rings. The first-order chi connectivity index (χ1) is 11.6. The monoisotopic (exact) mass is 329 g/mol. The molecular formula is C20H31N3O. The molecule has 3 rings (SSSR count). The van der Waals surface area contributed by atoms with Crippen LogP contribution >= 0.6 is 0 Å². The minimum atomic E-state index is 0.328. The van der Waals surface area contributed by atoms with Crippen LogP contribution in [0.3, 0.4) is 0 Å². The molecule has 1 atom stereocenters. The van der Waals surface area contributed by atoms with E-state index in [1.807, 2.05) is 4.90 Å². The van der Waals surface area contributed by atoms with E-state index in [0.29, 0.717) is 17.7 Å². The SMILES string of the molecule is CC1(CCc2ccccc2)CCN(CCC(=O)N2CCNCC2)C1. The van der Waals surface area contributed by atoms with Crippen molar-refractivity contribution in [3.63, 3.8) is 0 Å². The van der Waals surface area contributed by atoms with Crippen LogP contribution in [0.2, 0.25) is 0 Å². The van der Waals surface area contributed by atoms with E-state index in [1.165, 1.54) is 18.4 Å².